The Labute approximate surface area is 155 Å². The third-order valence-electron chi connectivity index (χ3n) is 4.62. The predicted octanol–water partition coefficient (Wildman–Crippen LogP) is 5.32. The van der Waals surface area contributed by atoms with Gasteiger partial charge < -0.3 is 10.5 Å². The second kappa shape index (κ2) is 19.4. The first-order valence-corrected chi connectivity index (χ1v) is 10.6. The van der Waals surface area contributed by atoms with Crippen LogP contribution < -0.4 is 5.73 Å². The summed E-state index contributed by atoms with van der Waals surface area (Å²) in [5.74, 6) is -0.513. The molecule has 0 saturated heterocycles. The highest BCUT2D eigenvalue weighted by Crippen LogP contribution is 2.13. The molecule has 0 aromatic heterocycles. The first-order chi connectivity index (χ1) is 12.2. The fourth-order valence-corrected chi connectivity index (χ4v) is 2.99. The molecule has 0 unspecified atom stereocenters. The van der Waals surface area contributed by atoms with Crippen LogP contribution >= 0.6 is 0 Å². The molecule has 25 heavy (non-hydrogen) atoms. The summed E-state index contributed by atoms with van der Waals surface area (Å²) in [5, 5.41) is 0. The topological polar surface area (TPSA) is 69.4 Å². The van der Waals surface area contributed by atoms with Crippen molar-refractivity contribution in [3.05, 3.63) is 0 Å². The van der Waals surface area contributed by atoms with Crippen molar-refractivity contribution in [3.63, 3.8) is 0 Å². The second-order valence-electron chi connectivity index (χ2n) is 7.10. The molecule has 0 amide bonds. The van der Waals surface area contributed by atoms with Crippen LogP contribution in [0.2, 0.25) is 0 Å². The number of Topliss-reactive ketones (excluding diaryl/α,β-unsaturated/α-hetero) is 1. The van der Waals surface area contributed by atoms with Gasteiger partial charge in [-0.2, -0.15) is 0 Å². The monoisotopic (exact) mass is 355 g/mol. The smallest absolute Gasteiger partial charge is 0.320 e. The molecule has 0 aliphatic rings. The molecule has 2 N–H and O–H groups in total. The Balaban J connectivity index is 3.14. The molecule has 0 aromatic rings. The van der Waals surface area contributed by atoms with Gasteiger partial charge in [0.15, 0.2) is 5.78 Å². The molecule has 4 nitrogen and oxygen atoms in total. The lowest BCUT2D eigenvalue weighted by molar-refractivity contribution is -0.146. The zero-order valence-electron chi connectivity index (χ0n) is 16.5. The minimum Gasteiger partial charge on any atom is -0.457 e. The molecular formula is C21H41NO3. The lowest BCUT2D eigenvalue weighted by atomic mass is 10.0. The van der Waals surface area contributed by atoms with Gasteiger partial charge in [0.2, 0.25) is 0 Å². The number of hydrogen-bond donors (Lipinski definition) is 1. The third kappa shape index (κ3) is 19.3. The number of rotatable bonds is 19. The molecule has 0 rings (SSSR count). The molecule has 0 heterocycles. The molecule has 0 aliphatic heterocycles. The first kappa shape index (κ1) is 24.1. The van der Waals surface area contributed by atoms with Gasteiger partial charge in [-0.15, -0.1) is 0 Å². The summed E-state index contributed by atoms with van der Waals surface area (Å²) in [7, 11) is 0. The highest BCUT2D eigenvalue weighted by molar-refractivity contribution is 5.82. The molecular weight excluding hydrogens is 314 g/mol. The van der Waals surface area contributed by atoms with E-state index in [-0.39, 0.29) is 18.9 Å². The molecule has 0 aromatic carbocycles. The second-order valence-corrected chi connectivity index (χ2v) is 7.10. The SMILES string of the molecule is CCCCCCCCCCCCCCCCCC(=O)COC(=O)CN. The first-order valence-electron chi connectivity index (χ1n) is 10.6. The van der Waals surface area contributed by atoms with Crippen LogP contribution in [0.4, 0.5) is 0 Å². The predicted molar refractivity (Wildman–Crippen MR) is 105 cm³/mol. The van der Waals surface area contributed by atoms with E-state index in [1.54, 1.807) is 0 Å². The van der Waals surface area contributed by atoms with Crippen molar-refractivity contribution in [2.45, 2.75) is 110 Å². The fourth-order valence-electron chi connectivity index (χ4n) is 2.99. The summed E-state index contributed by atoms with van der Waals surface area (Å²) in [4.78, 5) is 22.3. The van der Waals surface area contributed by atoms with E-state index in [4.69, 9.17) is 10.5 Å². The summed E-state index contributed by atoms with van der Waals surface area (Å²) in [6.45, 7) is 1.99. The van der Waals surface area contributed by atoms with Gasteiger partial charge in [0, 0.05) is 6.42 Å². The third-order valence-corrected chi connectivity index (χ3v) is 4.62. The molecule has 0 aliphatic carbocycles. The molecule has 0 spiro atoms. The van der Waals surface area contributed by atoms with Crippen LogP contribution in [0.15, 0.2) is 0 Å². The minimum absolute atomic E-state index is 0.00325. The van der Waals surface area contributed by atoms with Gasteiger partial charge in [0.1, 0.15) is 6.61 Å². The fraction of sp³-hybridized carbons (Fsp3) is 0.905. The number of ether oxygens (including phenoxy) is 1. The average Bonchev–Trinajstić information content (AvgIpc) is 2.62. The summed E-state index contributed by atoms with van der Waals surface area (Å²) in [6, 6.07) is 0. The van der Waals surface area contributed by atoms with Crippen LogP contribution in [0, 0.1) is 0 Å². The number of ketones is 1. The quantitative estimate of drug-likeness (QED) is 0.251. The number of hydrogen-bond acceptors (Lipinski definition) is 4. The Kier molecular flexibility index (Phi) is 18.7. The van der Waals surface area contributed by atoms with Crippen molar-refractivity contribution in [2.24, 2.45) is 5.73 Å². The molecule has 0 saturated carbocycles. The highest BCUT2D eigenvalue weighted by Gasteiger charge is 2.05. The average molecular weight is 356 g/mol. The lowest BCUT2D eigenvalue weighted by Crippen LogP contribution is -2.20. The van der Waals surface area contributed by atoms with Gasteiger partial charge in [-0.1, -0.05) is 96.8 Å². The van der Waals surface area contributed by atoms with E-state index in [1.165, 1.54) is 83.5 Å². The normalized spacial score (nSPS) is 10.8. The van der Waals surface area contributed by atoms with E-state index < -0.39 is 5.97 Å². The van der Waals surface area contributed by atoms with Gasteiger partial charge in [-0.25, -0.2) is 0 Å². The van der Waals surface area contributed by atoms with Crippen molar-refractivity contribution in [2.75, 3.05) is 13.2 Å². The Morgan fingerprint density at radius 3 is 1.48 bits per heavy atom. The van der Waals surface area contributed by atoms with Gasteiger partial charge >= 0.3 is 5.97 Å². The van der Waals surface area contributed by atoms with Gasteiger partial charge in [-0.05, 0) is 6.42 Å². The maximum absolute atomic E-state index is 11.5. The van der Waals surface area contributed by atoms with Crippen LogP contribution in [-0.4, -0.2) is 24.9 Å². The van der Waals surface area contributed by atoms with E-state index in [2.05, 4.69) is 6.92 Å². The zero-order chi connectivity index (χ0) is 18.6. The number of nitrogens with two attached hydrogens (primary N) is 1. The maximum Gasteiger partial charge on any atom is 0.320 e. The molecule has 0 fully saturated rings. The largest absolute Gasteiger partial charge is 0.457 e. The summed E-state index contributed by atoms with van der Waals surface area (Å²) in [6.07, 6.45) is 20.2. The Morgan fingerprint density at radius 2 is 1.08 bits per heavy atom. The van der Waals surface area contributed by atoms with Gasteiger partial charge in [0.25, 0.3) is 0 Å². The molecule has 148 valence electrons. The zero-order valence-corrected chi connectivity index (χ0v) is 16.5. The van der Waals surface area contributed by atoms with Gasteiger partial charge in [0.05, 0.1) is 6.54 Å². The van der Waals surface area contributed by atoms with Crippen molar-refractivity contribution < 1.29 is 14.3 Å². The van der Waals surface area contributed by atoms with Crippen LogP contribution in [0.25, 0.3) is 0 Å². The summed E-state index contributed by atoms with van der Waals surface area (Å²) >= 11 is 0. The van der Waals surface area contributed by atoms with E-state index in [0.29, 0.717) is 6.42 Å². The number of unbranched alkanes of at least 4 members (excludes halogenated alkanes) is 14. The van der Waals surface area contributed by atoms with Crippen molar-refractivity contribution in [3.8, 4) is 0 Å². The molecule has 0 bridgehead atoms. The van der Waals surface area contributed by atoms with E-state index in [9.17, 15) is 9.59 Å². The van der Waals surface area contributed by atoms with Gasteiger partial charge in [-0.3, -0.25) is 9.59 Å². The minimum atomic E-state index is -0.509. The van der Waals surface area contributed by atoms with Crippen molar-refractivity contribution in [1.82, 2.24) is 0 Å². The lowest BCUT2D eigenvalue weighted by Gasteiger charge is -2.04. The number of carbonyl (C=O) groups excluding carboxylic acids is 2. The van der Waals surface area contributed by atoms with E-state index in [1.807, 2.05) is 0 Å². The Hall–Kier alpha value is -0.900. The van der Waals surface area contributed by atoms with Crippen LogP contribution in [-0.2, 0) is 14.3 Å². The highest BCUT2D eigenvalue weighted by atomic mass is 16.5. The van der Waals surface area contributed by atoms with Crippen molar-refractivity contribution >= 4 is 11.8 Å². The molecule has 4 heteroatoms. The van der Waals surface area contributed by atoms with Crippen molar-refractivity contribution in [1.29, 1.82) is 0 Å². The van der Waals surface area contributed by atoms with Crippen LogP contribution in [0.5, 0.6) is 0 Å². The molecule has 0 atom stereocenters. The van der Waals surface area contributed by atoms with E-state index in [0.717, 1.165) is 12.8 Å². The summed E-state index contributed by atoms with van der Waals surface area (Å²) in [5.41, 5.74) is 5.11. The van der Waals surface area contributed by atoms with Crippen LogP contribution in [0.1, 0.15) is 110 Å². The van der Waals surface area contributed by atoms with E-state index >= 15 is 0 Å². The number of esters is 1. The van der Waals surface area contributed by atoms with Crippen LogP contribution in [0.3, 0.4) is 0 Å². The molecule has 0 radical (unpaired) electrons. The Bertz CT molecular complexity index is 318. The standard InChI is InChI=1S/C21H41NO3/c1-2-3-4-5-6-7-8-9-10-11-12-13-14-15-16-17-20(23)19-25-21(24)18-22/h2-19,22H2,1H3. The Morgan fingerprint density at radius 1 is 0.680 bits per heavy atom. The summed E-state index contributed by atoms with van der Waals surface area (Å²) < 4.78 is 4.71. The maximum atomic E-state index is 11.5. The number of carbonyl (C=O) groups is 2.